The smallest absolute Gasteiger partial charge is 0.389 e. The molecule has 2 rings (SSSR count). The summed E-state index contributed by atoms with van der Waals surface area (Å²) in [7, 11) is 0. The minimum absolute atomic E-state index is 0. The molecule has 0 fully saturated rings. The fourth-order valence-electron chi connectivity index (χ4n) is 2.42. The number of nitrogens with one attached hydrogen (secondary N) is 2. The van der Waals surface area contributed by atoms with E-state index in [-0.39, 0.29) is 24.7 Å². The van der Waals surface area contributed by atoms with Gasteiger partial charge in [0.25, 0.3) is 0 Å². The molecule has 0 unspecified atom stereocenters. The second-order valence-corrected chi connectivity index (χ2v) is 6.32. The third-order valence-corrected chi connectivity index (χ3v) is 3.80. The number of halogens is 3. The number of carboxylic acid groups (broad SMARTS) is 1. The number of aromatic nitrogens is 3. The molecule has 10 heteroatoms. The van der Waals surface area contributed by atoms with Crippen LogP contribution in [0.5, 0.6) is 0 Å². The number of carboxylic acids is 1. The molecule has 0 aliphatic heterocycles. The second kappa shape index (κ2) is 8.19. The molecule has 2 heterocycles. The Hall–Kier alpha value is -2.91. The number of H-pyrrole nitrogens is 1. The number of alkyl halides is 3. The number of hydrogen-bond donors (Lipinski definition) is 3. The van der Waals surface area contributed by atoms with E-state index in [4.69, 9.17) is 5.11 Å². The van der Waals surface area contributed by atoms with Gasteiger partial charge in [0.2, 0.25) is 0 Å². The highest BCUT2D eigenvalue weighted by Crippen LogP contribution is 2.24. The highest BCUT2D eigenvalue weighted by atomic mass is 19.4. The van der Waals surface area contributed by atoms with Crippen LogP contribution in [0.25, 0.3) is 11.4 Å². The van der Waals surface area contributed by atoms with Crippen LogP contribution in [0.15, 0.2) is 24.5 Å². The fraction of sp³-hybridized carbons (Fsp3) is 0.412. The molecule has 7 nitrogen and oxygen atoms in total. The molecule has 1 atom stereocenters. The summed E-state index contributed by atoms with van der Waals surface area (Å²) in [4.78, 5) is 34.0. The van der Waals surface area contributed by atoms with E-state index in [9.17, 15) is 22.8 Å². The van der Waals surface area contributed by atoms with Crippen molar-refractivity contribution in [2.45, 2.75) is 38.9 Å². The van der Waals surface area contributed by atoms with E-state index in [1.807, 2.05) is 0 Å². The van der Waals surface area contributed by atoms with Crippen molar-refractivity contribution >= 4 is 17.6 Å². The zero-order chi connectivity index (χ0) is 20.2. The minimum Gasteiger partial charge on any atom is -0.477 e. The summed E-state index contributed by atoms with van der Waals surface area (Å²) < 4.78 is 37.1. The summed E-state index contributed by atoms with van der Waals surface area (Å²) in [5, 5.41) is 11.8. The summed E-state index contributed by atoms with van der Waals surface area (Å²) >= 11 is 0. The number of hydrogen-bond acceptors (Lipinski definition) is 5. The number of nitrogens with zero attached hydrogens (tertiary/aromatic N) is 2. The van der Waals surface area contributed by atoms with E-state index < -0.39 is 36.8 Å². The van der Waals surface area contributed by atoms with Crippen molar-refractivity contribution < 1.29 is 29.3 Å². The summed E-state index contributed by atoms with van der Waals surface area (Å²) in [6, 6.07) is 2.01. The molecule has 0 radical (unpaired) electrons. The Kier molecular flexibility index (Phi) is 6.19. The highest BCUT2D eigenvalue weighted by molar-refractivity contribution is 5.88. The van der Waals surface area contributed by atoms with Gasteiger partial charge in [0.15, 0.2) is 11.6 Å². The standard InChI is InChI=1S/C17H19F3N4O3.H2/c1-9(2)14(12(25)3-5-17(18,19)20)23-13-4-6-21-15(24-13)10-7-11(16(26)27)22-8-10;/h4,6-9,14,22H,3,5H2,1-2H3,(H,26,27)(H,21,23,24);1H/t14-;/m1./s1. The summed E-state index contributed by atoms with van der Waals surface area (Å²) in [5.74, 6) is -1.47. The molecule has 0 saturated heterocycles. The van der Waals surface area contributed by atoms with Crippen LogP contribution in [0.4, 0.5) is 19.0 Å². The number of aromatic amines is 1. The number of anilines is 1. The Balaban J connectivity index is 0.00000392. The zero-order valence-corrected chi connectivity index (χ0v) is 14.7. The van der Waals surface area contributed by atoms with E-state index >= 15 is 0 Å². The molecule has 0 aliphatic carbocycles. The fourth-order valence-corrected chi connectivity index (χ4v) is 2.42. The number of Topliss-reactive ketones (excluding diaryl/α,β-unsaturated/α-hetero) is 1. The van der Waals surface area contributed by atoms with Gasteiger partial charge in [-0.25, -0.2) is 14.8 Å². The Morgan fingerprint density at radius 1 is 1.37 bits per heavy atom. The maximum atomic E-state index is 12.4. The summed E-state index contributed by atoms with van der Waals surface area (Å²) in [5.41, 5.74) is 0.398. The van der Waals surface area contributed by atoms with E-state index in [0.29, 0.717) is 5.56 Å². The monoisotopic (exact) mass is 386 g/mol. The van der Waals surface area contributed by atoms with Crippen molar-refractivity contribution in [3.8, 4) is 11.4 Å². The largest absolute Gasteiger partial charge is 0.477 e. The highest BCUT2D eigenvalue weighted by Gasteiger charge is 2.31. The van der Waals surface area contributed by atoms with Crippen molar-refractivity contribution in [2.24, 2.45) is 5.92 Å². The number of rotatable bonds is 8. The molecule has 0 aliphatic rings. The van der Waals surface area contributed by atoms with Crippen LogP contribution in [0.1, 0.15) is 38.6 Å². The lowest BCUT2D eigenvalue weighted by atomic mass is 9.97. The average molecular weight is 386 g/mol. The second-order valence-electron chi connectivity index (χ2n) is 6.32. The summed E-state index contributed by atoms with van der Waals surface area (Å²) in [6.07, 6.45) is -3.34. The molecule has 0 saturated carbocycles. The van der Waals surface area contributed by atoms with Crippen molar-refractivity contribution in [1.82, 2.24) is 15.0 Å². The third kappa shape index (κ3) is 5.80. The first-order valence-electron chi connectivity index (χ1n) is 8.18. The van der Waals surface area contributed by atoms with Crippen molar-refractivity contribution in [1.29, 1.82) is 0 Å². The molecule has 0 amide bonds. The molecular formula is C17H21F3N4O3. The number of carbonyl (C=O) groups is 2. The lowest BCUT2D eigenvalue weighted by molar-refractivity contribution is -0.143. The van der Waals surface area contributed by atoms with Crippen LogP contribution >= 0.6 is 0 Å². The first-order valence-corrected chi connectivity index (χ1v) is 8.18. The number of aromatic carboxylic acids is 1. The third-order valence-electron chi connectivity index (χ3n) is 3.80. The molecular weight excluding hydrogens is 365 g/mol. The topological polar surface area (TPSA) is 108 Å². The van der Waals surface area contributed by atoms with E-state index in [2.05, 4.69) is 20.3 Å². The van der Waals surface area contributed by atoms with Crippen LogP contribution < -0.4 is 5.32 Å². The zero-order valence-electron chi connectivity index (χ0n) is 14.7. The maximum Gasteiger partial charge on any atom is 0.389 e. The van der Waals surface area contributed by atoms with Crippen LogP contribution in [0.3, 0.4) is 0 Å². The van der Waals surface area contributed by atoms with Gasteiger partial charge in [-0.1, -0.05) is 13.8 Å². The van der Waals surface area contributed by atoms with Gasteiger partial charge in [-0.05, 0) is 18.1 Å². The predicted molar refractivity (Wildman–Crippen MR) is 93.4 cm³/mol. The lowest BCUT2D eigenvalue weighted by Gasteiger charge is -2.22. The Labute approximate surface area is 154 Å². The van der Waals surface area contributed by atoms with Crippen molar-refractivity contribution in [2.75, 3.05) is 5.32 Å². The number of ketones is 1. The molecule has 2 aromatic rings. The van der Waals surface area contributed by atoms with Gasteiger partial charge in [-0.15, -0.1) is 0 Å². The van der Waals surface area contributed by atoms with Crippen LogP contribution in [-0.2, 0) is 4.79 Å². The van der Waals surface area contributed by atoms with Gasteiger partial charge in [0.1, 0.15) is 11.5 Å². The molecule has 0 spiro atoms. The molecule has 27 heavy (non-hydrogen) atoms. The number of carbonyl (C=O) groups excluding carboxylic acids is 1. The van der Waals surface area contributed by atoms with Crippen molar-refractivity contribution in [3.05, 3.63) is 30.2 Å². The molecule has 0 bridgehead atoms. The molecule has 3 N–H and O–H groups in total. The Morgan fingerprint density at radius 3 is 2.63 bits per heavy atom. The van der Waals surface area contributed by atoms with E-state index in [1.54, 1.807) is 13.8 Å². The minimum atomic E-state index is -4.39. The van der Waals surface area contributed by atoms with Gasteiger partial charge >= 0.3 is 12.1 Å². The SMILES string of the molecule is CC(C)[C@@H](Nc1ccnc(-c2c[nH]c(C(=O)O)c2)n1)C(=O)CCC(F)(F)F.[HH]. The van der Waals surface area contributed by atoms with Gasteiger partial charge in [0.05, 0.1) is 12.5 Å². The van der Waals surface area contributed by atoms with Gasteiger partial charge in [-0.2, -0.15) is 13.2 Å². The Morgan fingerprint density at radius 2 is 2.07 bits per heavy atom. The van der Waals surface area contributed by atoms with Crippen LogP contribution in [0, 0.1) is 5.92 Å². The van der Waals surface area contributed by atoms with Gasteiger partial charge in [0, 0.05) is 25.8 Å². The predicted octanol–water partition coefficient (Wildman–Crippen LogP) is 3.76. The van der Waals surface area contributed by atoms with E-state index in [0.717, 1.165) is 0 Å². The normalized spacial score (nSPS) is 12.8. The van der Waals surface area contributed by atoms with Crippen molar-refractivity contribution in [3.63, 3.8) is 0 Å². The van der Waals surface area contributed by atoms with Crippen LogP contribution in [-0.4, -0.2) is 44.0 Å². The molecule has 0 aromatic carbocycles. The Bertz CT molecular complexity index is 824. The van der Waals surface area contributed by atoms with Crippen LogP contribution in [0.2, 0.25) is 0 Å². The van der Waals surface area contributed by atoms with Gasteiger partial charge in [-0.3, -0.25) is 4.79 Å². The first kappa shape index (κ1) is 20.4. The maximum absolute atomic E-state index is 12.4. The molecule has 148 valence electrons. The van der Waals surface area contributed by atoms with Gasteiger partial charge < -0.3 is 15.4 Å². The quantitative estimate of drug-likeness (QED) is 0.637. The summed E-state index contributed by atoms with van der Waals surface area (Å²) in [6.45, 7) is 3.44. The van der Waals surface area contributed by atoms with E-state index in [1.165, 1.54) is 24.5 Å². The first-order chi connectivity index (χ1) is 12.6. The lowest BCUT2D eigenvalue weighted by Crippen LogP contribution is -2.35. The average Bonchev–Trinajstić information content (AvgIpc) is 3.07. The molecule has 2 aromatic heterocycles.